The number of aryl methyl sites for hydroxylation is 1. The normalized spacial score (nSPS) is 17.5. The molecule has 2 heterocycles. The molecular formula is C15H15BrN2O. The summed E-state index contributed by atoms with van der Waals surface area (Å²) in [5.41, 5.74) is 2.34. The number of rotatable bonds is 2. The fourth-order valence-corrected chi connectivity index (χ4v) is 2.79. The van der Waals surface area contributed by atoms with Crippen LogP contribution in [0.5, 0.6) is 5.75 Å². The van der Waals surface area contributed by atoms with Crippen LogP contribution in [0, 0.1) is 6.92 Å². The van der Waals surface area contributed by atoms with Crippen molar-refractivity contribution in [2.24, 2.45) is 0 Å². The molecule has 0 radical (unpaired) electrons. The van der Waals surface area contributed by atoms with Gasteiger partial charge in [0.2, 0.25) is 0 Å². The molecule has 0 saturated carbocycles. The lowest BCUT2D eigenvalue weighted by Crippen LogP contribution is -2.21. The summed E-state index contributed by atoms with van der Waals surface area (Å²) in [6.07, 6.45) is 2.77. The quantitative estimate of drug-likeness (QED) is 0.905. The minimum Gasteiger partial charge on any atom is -0.493 e. The Balaban J connectivity index is 1.88. The third kappa shape index (κ3) is 2.59. The van der Waals surface area contributed by atoms with E-state index in [-0.39, 0.29) is 6.04 Å². The number of pyridine rings is 1. The Morgan fingerprint density at radius 3 is 3.05 bits per heavy atom. The predicted molar refractivity (Wildman–Crippen MR) is 79.6 cm³/mol. The van der Waals surface area contributed by atoms with Gasteiger partial charge in [-0.3, -0.25) is 0 Å². The number of para-hydroxylation sites is 1. The number of fused-ring (bicyclic) bond motifs is 1. The number of hydrogen-bond donors (Lipinski definition) is 1. The summed E-state index contributed by atoms with van der Waals surface area (Å²) in [6, 6.07) is 10.5. The van der Waals surface area contributed by atoms with E-state index >= 15 is 0 Å². The monoisotopic (exact) mass is 318 g/mol. The molecule has 1 N–H and O–H groups in total. The van der Waals surface area contributed by atoms with E-state index < -0.39 is 0 Å². The summed E-state index contributed by atoms with van der Waals surface area (Å²) in [7, 11) is 0. The maximum absolute atomic E-state index is 5.67. The highest BCUT2D eigenvalue weighted by molar-refractivity contribution is 9.10. The number of aromatic nitrogens is 1. The van der Waals surface area contributed by atoms with Crippen LogP contribution >= 0.6 is 15.9 Å². The van der Waals surface area contributed by atoms with Crippen molar-refractivity contribution in [1.29, 1.82) is 0 Å². The van der Waals surface area contributed by atoms with E-state index in [1.165, 1.54) is 5.56 Å². The second-order valence-corrected chi connectivity index (χ2v) is 5.61. The van der Waals surface area contributed by atoms with E-state index in [0.717, 1.165) is 34.6 Å². The third-order valence-electron chi connectivity index (χ3n) is 3.31. The van der Waals surface area contributed by atoms with Crippen LogP contribution in [0.3, 0.4) is 0 Å². The van der Waals surface area contributed by atoms with Gasteiger partial charge < -0.3 is 10.1 Å². The molecule has 0 saturated heterocycles. The number of nitrogens with zero attached hydrogens (tertiary/aromatic N) is 1. The molecule has 98 valence electrons. The van der Waals surface area contributed by atoms with E-state index in [9.17, 15) is 0 Å². The summed E-state index contributed by atoms with van der Waals surface area (Å²) in [4.78, 5) is 4.45. The zero-order chi connectivity index (χ0) is 13.2. The van der Waals surface area contributed by atoms with Crippen molar-refractivity contribution in [3.05, 3.63) is 52.1 Å². The second-order valence-electron chi connectivity index (χ2n) is 4.69. The topological polar surface area (TPSA) is 34.2 Å². The first-order valence-electron chi connectivity index (χ1n) is 6.34. The first-order chi connectivity index (χ1) is 9.24. The van der Waals surface area contributed by atoms with Crippen LogP contribution in [0.4, 0.5) is 5.82 Å². The molecule has 0 bridgehead atoms. The van der Waals surface area contributed by atoms with Gasteiger partial charge in [-0.1, -0.05) is 18.2 Å². The van der Waals surface area contributed by atoms with Gasteiger partial charge in [0.15, 0.2) is 0 Å². The Hall–Kier alpha value is -1.55. The van der Waals surface area contributed by atoms with E-state index in [0.29, 0.717) is 0 Å². The number of anilines is 1. The number of ether oxygens (including phenoxy) is 1. The Labute approximate surface area is 121 Å². The van der Waals surface area contributed by atoms with Crippen LogP contribution in [0.2, 0.25) is 0 Å². The standard InChI is InChI=1S/C15H15BrN2O/c1-10-8-11(16)9-17-15(10)18-13-6-7-19-14-5-3-2-4-12(13)14/h2-5,8-9,13H,6-7H2,1H3,(H,17,18). The van der Waals surface area contributed by atoms with Gasteiger partial charge >= 0.3 is 0 Å². The fourth-order valence-electron chi connectivity index (χ4n) is 2.35. The smallest absolute Gasteiger partial charge is 0.129 e. The van der Waals surface area contributed by atoms with E-state index in [1.807, 2.05) is 24.4 Å². The van der Waals surface area contributed by atoms with Gasteiger partial charge in [-0.25, -0.2) is 4.98 Å². The summed E-state index contributed by atoms with van der Waals surface area (Å²) in [5, 5.41) is 3.52. The summed E-state index contributed by atoms with van der Waals surface area (Å²) >= 11 is 3.44. The SMILES string of the molecule is Cc1cc(Br)cnc1NC1CCOc2ccccc21. The first-order valence-corrected chi connectivity index (χ1v) is 7.14. The van der Waals surface area contributed by atoms with Crippen molar-refractivity contribution in [1.82, 2.24) is 4.98 Å². The van der Waals surface area contributed by atoms with Crippen LogP contribution in [0.1, 0.15) is 23.6 Å². The molecule has 0 spiro atoms. The molecule has 0 aliphatic carbocycles. The third-order valence-corrected chi connectivity index (χ3v) is 3.75. The highest BCUT2D eigenvalue weighted by Crippen LogP contribution is 2.34. The zero-order valence-electron chi connectivity index (χ0n) is 10.7. The van der Waals surface area contributed by atoms with Gasteiger partial charge in [0.1, 0.15) is 11.6 Å². The zero-order valence-corrected chi connectivity index (χ0v) is 12.3. The Bertz CT molecular complexity index is 600. The van der Waals surface area contributed by atoms with Crippen LogP contribution in [0.25, 0.3) is 0 Å². The van der Waals surface area contributed by atoms with Crippen molar-refractivity contribution in [3.63, 3.8) is 0 Å². The van der Waals surface area contributed by atoms with Gasteiger partial charge in [0, 0.05) is 22.7 Å². The highest BCUT2D eigenvalue weighted by atomic mass is 79.9. The molecule has 1 atom stereocenters. The average molecular weight is 319 g/mol. The van der Waals surface area contributed by atoms with Crippen molar-refractivity contribution in [2.45, 2.75) is 19.4 Å². The number of benzene rings is 1. The minimum atomic E-state index is 0.261. The Kier molecular flexibility index (Phi) is 3.42. The van der Waals surface area contributed by atoms with Gasteiger partial charge in [-0.2, -0.15) is 0 Å². The molecular weight excluding hydrogens is 304 g/mol. The number of hydrogen-bond acceptors (Lipinski definition) is 3. The lowest BCUT2D eigenvalue weighted by atomic mass is 10.0. The molecule has 1 unspecified atom stereocenters. The summed E-state index contributed by atoms with van der Waals surface area (Å²) < 4.78 is 6.68. The van der Waals surface area contributed by atoms with E-state index in [4.69, 9.17) is 4.74 Å². The second kappa shape index (κ2) is 5.21. The first kappa shape index (κ1) is 12.5. The van der Waals surface area contributed by atoms with Gasteiger partial charge in [0.05, 0.1) is 12.6 Å². The van der Waals surface area contributed by atoms with E-state index in [2.05, 4.69) is 45.3 Å². The van der Waals surface area contributed by atoms with Crippen molar-refractivity contribution < 1.29 is 4.74 Å². The molecule has 0 fully saturated rings. The average Bonchev–Trinajstić information content (AvgIpc) is 2.42. The molecule has 1 aliphatic heterocycles. The van der Waals surface area contributed by atoms with Gasteiger partial charge in [-0.15, -0.1) is 0 Å². The summed E-state index contributed by atoms with van der Waals surface area (Å²) in [5.74, 6) is 1.91. The summed E-state index contributed by atoms with van der Waals surface area (Å²) in [6.45, 7) is 2.80. The number of nitrogens with one attached hydrogen (secondary N) is 1. The van der Waals surface area contributed by atoms with Crippen molar-refractivity contribution in [2.75, 3.05) is 11.9 Å². The largest absolute Gasteiger partial charge is 0.493 e. The van der Waals surface area contributed by atoms with Crippen LogP contribution in [-0.2, 0) is 0 Å². The molecule has 1 aromatic heterocycles. The van der Waals surface area contributed by atoms with Crippen molar-refractivity contribution in [3.8, 4) is 5.75 Å². The predicted octanol–water partition coefficient (Wildman–Crippen LogP) is 4.09. The molecule has 3 rings (SSSR count). The highest BCUT2D eigenvalue weighted by Gasteiger charge is 2.21. The van der Waals surface area contributed by atoms with Crippen molar-refractivity contribution >= 4 is 21.7 Å². The molecule has 4 heteroatoms. The molecule has 1 aliphatic rings. The Morgan fingerprint density at radius 2 is 2.21 bits per heavy atom. The van der Waals surface area contributed by atoms with Gasteiger partial charge in [-0.05, 0) is 40.5 Å². The van der Waals surface area contributed by atoms with Crippen LogP contribution < -0.4 is 10.1 Å². The Morgan fingerprint density at radius 1 is 1.37 bits per heavy atom. The number of halogens is 1. The molecule has 0 amide bonds. The fraction of sp³-hybridized carbons (Fsp3) is 0.267. The molecule has 3 nitrogen and oxygen atoms in total. The van der Waals surface area contributed by atoms with E-state index in [1.54, 1.807) is 0 Å². The minimum absolute atomic E-state index is 0.261. The molecule has 2 aromatic rings. The lowest BCUT2D eigenvalue weighted by molar-refractivity contribution is 0.274. The van der Waals surface area contributed by atoms with Crippen LogP contribution in [-0.4, -0.2) is 11.6 Å². The maximum atomic E-state index is 5.67. The molecule has 19 heavy (non-hydrogen) atoms. The van der Waals surface area contributed by atoms with Gasteiger partial charge in [0.25, 0.3) is 0 Å². The molecule has 1 aromatic carbocycles. The lowest BCUT2D eigenvalue weighted by Gasteiger charge is -2.27. The maximum Gasteiger partial charge on any atom is 0.129 e. The van der Waals surface area contributed by atoms with Crippen LogP contribution in [0.15, 0.2) is 41.0 Å².